The van der Waals surface area contributed by atoms with E-state index in [2.05, 4.69) is 31.3 Å². The molecule has 1 N–H and O–H groups in total. The van der Waals surface area contributed by atoms with Crippen LogP contribution >= 0.6 is 0 Å². The van der Waals surface area contributed by atoms with Crippen LogP contribution in [-0.4, -0.2) is 30.1 Å². The van der Waals surface area contributed by atoms with E-state index in [1.807, 2.05) is 30.1 Å². The summed E-state index contributed by atoms with van der Waals surface area (Å²) in [4.78, 5) is 14.0. The van der Waals surface area contributed by atoms with Crippen molar-refractivity contribution in [3.8, 4) is 0 Å². The first-order chi connectivity index (χ1) is 8.58. The van der Waals surface area contributed by atoms with Gasteiger partial charge in [0.2, 0.25) is 5.91 Å². The zero-order valence-corrected chi connectivity index (χ0v) is 11.4. The quantitative estimate of drug-likeness (QED) is 0.881. The molecule has 98 valence electrons. The summed E-state index contributed by atoms with van der Waals surface area (Å²) in [5.74, 6) is 0.803. The number of carbonyl (C=O) groups excluding carboxylic acids is 1. The Labute approximate surface area is 109 Å². The Balaban J connectivity index is 2.01. The van der Waals surface area contributed by atoms with Crippen LogP contribution in [0.5, 0.6) is 0 Å². The molecular weight excluding hydrogens is 224 g/mol. The first-order valence-electron chi connectivity index (χ1n) is 6.64. The summed E-state index contributed by atoms with van der Waals surface area (Å²) >= 11 is 0. The molecule has 0 aromatic heterocycles. The van der Waals surface area contributed by atoms with E-state index in [0.29, 0.717) is 5.92 Å². The maximum atomic E-state index is 12.2. The van der Waals surface area contributed by atoms with Crippen molar-refractivity contribution in [3.05, 3.63) is 35.9 Å². The molecule has 1 fully saturated rings. The molecule has 3 nitrogen and oxygen atoms in total. The first-order valence-corrected chi connectivity index (χ1v) is 6.64. The van der Waals surface area contributed by atoms with Gasteiger partial charge in [-0.2, -0.15) is 0 Å². The van der Waals surface area contributed by atoms with Gasteiger partial charge in [0.15, 0.2) is 0 Å². The summed E-state index contributed by atoms with van der Waals surface area (Å²) in [5, 5.41) is 3.45. The molecule has 2 rings (SSSR count). The number of rotatable bonds is 4. The molecule has 1 aliphatic rings. The van der Waals surface area contributed by atoms with Crippen LogP contribution < -0.4 is 5.32 Å². The predicted octanol–water partition coefficient (Wildman–Crippen LogP) is 2.03. The van der Waals surface area contributed by atoms with Gasteiger partial charge in [0.25, 0.3) is 0 Å². The normalized spacial score (nSPS) is 24.0. The molecule has 0 spiro atoms. The molecule has 1 aliphatic heterocycles. The number of hydrogen-bond donors (Lipinski definition) is 1. The fourth-order valence-electron chi connectivity index (χ4n) is 2.48. The molecule has 0 radical (unpaired) electrons. The third-order valence-electron chi connectivity index (χ3n) is 3.48. The Kier molecular flexibility index (Phi) is 4.02. The molecule has 1 aromatic carbocycles. The van der Waals surface area contributed by atoms with Gasteiger partial charge in [-0.15, -0.1) is 0 Å². The fourth-order valence-corrected chi connectivity index (χ4v) is 2.48. The average molecular weight is 246 g/mol. The monoisotopic (exact) mass is 246 g/mol. The van der Waals surface area contributed by atoms with E-state index in [1.165, 1.54) is 5.56 Å². The van der Waals surface area contributed by atoms with Crippen LogP contribution in [0.3, 0.4) is 0 Å². The van der Waals surface area contributed by atoms with Crippen LogP contribution in [-0.2, 0) is 11.2 Å². The maximum Gasteiger partial charge on any atom is 0.241 e. The summed E-state index contributed by atoms with van der Waals surface area (Å²) in [6, 6.07) is 10.1. The standard InChI is InChI=1S/C15H22N2O/c1-11(2)9-14-16-13(15(18)17(14)3)10-12-7-5-4-6-8-12/h4-8,11,13-14,16H,9-10H2,1-3H3/t13-,14-/m0/s1. The molecule has 1 amide bonds. The van der Waals surface area contributed by atoms with Crippen molar-refractivity contribution in [2.45, 2.75) is 38.9 Å². The summed E-state index contributed by atoms with van der Waals surface area (Å²) in [5.41, 5.74) is 1.21. The number of amides is 1. The lowest BCUT2D eigenvalue weighted by Gasteiger charge is -2.20. The van der Waals surface area contributed by atoms with Crippen LogP contribution in [0.25, 0.3) is 0 Å². The third kappa shape index (κ3) is 2.91. The SMILES string of the molecule is CC(C)C[C@H]1N[C@@H](Cc2ccccc2)C(=O)N1C. The molecule has 0 bridgehead atoms. The second kappa shape index (κ2) is 5.53. The molecular formula is C15H22N2O. The van der Waals surface area contributed by atoms with Crippen LogP contribution in [0.2, 0.25) is 0 Å². The topological polar surface area (TPSA) is 32.3 Å². The van der Waals surface area contributed by atoms with E-state index in [-0.39, 0.29) is 18.1 Å². The van der Waals surface area contributed by atoms with Gasteiger partial charge in [0.05, 0.1) is 12.2 Å². The molecule has 18 heavy (non-hydrogen) atoms. The van der Waals surface area contributed by atoms with Gasteiger partial charge >= 0.3 is 0 Å². The second-order valence-corrected chi connectivity index (χ2v) is 5.50. The Hall–Kier alpha value is -1.35. The fraction of sp³-hybridized carbons (Fsp3) is 0.533. The highest BCUT2D eigenvalue weighted by atomic mass is 16.2. The smallest absolute Gasteiger partial charge is 0.241 e. The van der Waals surface area contributed by atoms with Crippen molar-refractivity contribution < 1.29 is 4.79 Å². The van der Waals surface area contributed by atoms with E-state index in [1.54, 1.807) is 0 Å². The van der Waals surface area contributed by atoms with E-state index >= 15 is 0 Å². The number of benzene rings is 1. The molecule has 3 heteroatoms. The van der Waals surface area contributed by atoms with Crippen LogP contribution in [0, 0.1) is 5.92 Å². The van der Waals surface area contributed by atoms with Crippen molar-refractivity contribution in [2.75, 3.05) is 7.05 Å². The summed E-state index contributed by atoms with van der Waals surface area (Å²) in [6.45, 7) is 4.37. The van der Waals surface area contributed by atoms with Crippen LogP contribution in [0.1, 0.15) is 25.8 Å². The lowest BCUT2D eigenvalue weighted by molar-refractivity contribution is -0.128. The molecule has 1 aromatic rings. The van der Waals surface area contributed by atoms with Crippen LogP contribution in [0.4, 0.5) is 0 Å². The van der Waals surface area contributed by atoms with Gasteiger partial charge in [-0.3, -0.25) is 10.1 Å². The molecule has 2 atom stereocenters. The minimum atomic E-state index is -0.0684. The molecule has 1 heterocycles. The maximum absolute atomic E-state index is 12.2. The Morgan fingerprint density at radius 1 is 1.28 bits per heavy atom. The first kappa shape index (κ1) is 13.1. The van der Waals surface area contributed by atoms with Gasteiger partial charge in [-0.25, -0.2) is 0 Å². The van der Waals surface area contributed by atoms with E-state index in [0.717, 1.165) is 12.8 Å². The summed E-state index contributed by atoms with van der Waals surface area (Å²) in [7, 11) is 1.90. The van der Waals surface area contributed by atoms with Crippen molar-refractivity contribution in [2.24, 2.45) is 5.92 Å². The molecule has 0 saturated carbocycles. The summed E-state index contributed by atoms with van der Waals surface area (Å²) in [6.07, 6.45) is 1.97. The predicted molar refractivity (Wildman–Crippen MR) is 73.1 cm³/mol. The van der Waals surface area contributed by atoms with E-state index in [4.69, 9.17) is 0 Å². The Morgan fingerprint density at radius 2 is 1.94 bits per heavy atom. The zero-order chi connectivity index (χ0) is 13.1. The molecule has 0 unspecified atom stereocenters. The number of likely N-dealkylation sites (N-methyl/N-ethyl adjacent to an activating group) is 1. The molecule has 1 saturated heterocycles. The van der Waals surface area contributed by atoms with Crippen molar-refractivity contribution in [3.63, 3.8) is 0 Å². The highest BCUT2D eigenvalue weighted by Gasteiger charge is 2.36. The molecule has 0 aliphatic carbocycles. The Bertz CT molecular complexity index is 402. The van der Waals surface area contributed by atoms with Gasteiger partial charge in [-0.1, -0.05) is 44.2 Å². The van der Waals surface area contributed by atoms with Gasteiger partial charge in [0, 0.05) is 7.05 Å². The second-order valence-electron chi connectivity index (χ2n) is 5.50. The third-order valence-corrected chi connectivity index (χ3v) is 3.48. The summed E-state index contributed by atoms with van der Waals surface area (Å²) < 4.78 is 0. The minimum Gasteiger partial charge on any atom is -0.329 e. The number of nitrogens with one attached hydrogen (secondary N) is 1. The van der Waals surface area contributed by atoms with Crippen molar-refractivity contribution in [1.82, 2.24) is 10.2 Å². The number of carbonyl (C=O) groups is 1. The van der Waals surface area contributed by atoms with Crippen molar-refractivity contribution in [1.29, 1.82) is 0 Å². The van der Waals surface area contributed by atoms with Gasteiger partial charge < -0.3 is 4.90 Å². The number of nitrogens with zero attached hydrogens (tertiary/aromatic N) is 1. The lowest BCUT2D eigenvalue weighted by Crippen LogP contribution is -2.36. The lowest BCUT2D eigenvalue weighted by atomic mass is 10.1. The average Bonchev–Trinajstić information content (AvgIpc) is 2.58. The highest BCUT2D eigenvalue weighted by molar-refractivity contribution is 5.84. The van der Waals surface area contributed by atoms with Gasteiger partial charge in [-0.05, 0) is 24.3 Å². The van der Waals surface area contributed by atoms with Crippen molar-refractivity contribution >= 4 is 5.91 Å². The largest absolute Gasteiger partial charge is 0.329 e. The number of hydrogen-bond acceptors (Lipinski definition) is 2. The Morgan fingerprint density at radius 3 is 2.56 bits per heavy atom. The highest BCUT2D eigenvalue weighted by Crippen LogP contribution is 2.18. The van der Waals surface area contributed by atoms with Gasteiger partial charge in [0.1, 0.15) is 0 Å². The van der Waals surface area contributed by atoms with E-state index < -0.39 is 0 Å². The zero-order valence-electron chi connectivity index (χ0n) is 11.4. The minimum absolute atomic E-state index is 0.0684. The van der Waals surface area contributed by atoms with E-state index in [9.17, 15) is 4.79 Å². The van der Waals surface area contributed by atoms with Crippen LogP contribution in [0.15, 0.2) is 30.3 Å².